The molecule has 0 fully saturated rings. The molecule has 116 valence electrons. The standard InChI is InChI=1S/C15H21ClN2O3/c1-10(12-5-7-13(16)8-6-12)11(2)18(3)14(19)9-17-15(20)21-4/h5-8,10-11H,9H2,1-4H3,(H,17,20)/t10-,11+/m0/s1. The van der Waals surface area contributed by atoms with Crippen molar-refractivity contribution in [1.82, 2.24) is 10.2 Å². The van der Waals surface area contributed by atoms with E-state index in [1.165, 1.54) is 7.11 Å². The molecular formula is C15H21ClN2O3. The van der Waals surface area contributed by atoms with Crippen LogP contribution in [0.25, 0.3) is 0 Å². The fourth-order valence-corrected chi connectivity index (χ4v) is 2.08. The zero-order valence-electron chi connectivity index (χ0n) is 12.7. The third kappa shape index (κ3) is 4.93. The maximum absolute atomic E-state index is 12.0. The first-order valence-electron chi connectivity index (χ1n) is 6.69. The van der Waals surface area contributed by atoms with Crippen LogP contribution in [0.5, 0.6) is 0 Å². The minimum atomic E-state index is -0.616. The van der Waals surface area contributed by atoms with Gasteiger partial charge in [-0.3, -0.25) is 4.79 Å². The summed E-state index contributed by atoms with van der Waals surface area (Å²) in [6.45, 7) is 3.93. The van der Waals surface area contributed by atoms with Crippen LogP contribution in [0.4, 0.5) is 4.79 Å². The molecule has 0 bridgehead atoms. The van der Waals surface area contributed by atoms with E-state index in [0.29, 0.717) is 5.02 Å². The Bertz CT molecular complexity index is 490. The predicted octanol–water partition coefficient (Wildman–Crippen LogP) is 2.65. The fourth-order valence-electron chi connectivity index (χ4n) is 1.95. The first kappa shape index (κ1) is 17.3. The van der Waals surface area contributed by atoms with E-state index in [9.17, 15) is 9.59 Å². The van der Waals surface area contributed by atoms with Crippen molar-refractivity contribution in [3.63, 3.8) is 0 Å². The van der Waals surface area contributed by atoms with Crippen LogP contribution in [-0.2, 0) is 9.53 Å². The van der Waals surface area contributed by atoms with E-state index in [2.05, 4.69) is 10.1 Å². The highest BCUT2D eigenvalue weighted by molar-refractivity contribution is 6.30. The number of alkyl carbamates (subject to hydrolysis) is 1. The van der Waals surface area contributed by atoms with Gasteiger partial charge in [-0.05, 0) is 24.6 Å². The number of carbonyl (C=O) groups excluding carboxylic acids is 2. The summed E-state index contributed by atoms with van der Waals surface area (Å²) in [6, 6.07) is 7.56. The van der Waals surface area contributed by atoms with E-state index in [0.717, 1.165) is 5.56 Å². The zero-order valence-corrected chi connectivity index (χ0v) is 13.5. The lowest BCUT2D eigenvalue weighted by Crippen LogP contribution is -2.44. The van der Waals surface area contributed by atoms with Gasteiger partial charge in [-0.2, -0.15) is 0 Å². The van der Waals surface area contributed by atoms with Crippen molar-refractivity contribution >= 4 is 23.6 Å². The van der Waals surface area contributed by atoms with Gasteiger partial charge >= 0.3 is 6.09 Å². The molecule has 1 N–H and O–H groups in total. The Kier molecular flexibility index (Phi) is 6.49. The molecule has 0 saturated carbocycles. The second kappa shape index (κ2) is 7.88. The highest BCUT2D eigenvalue weighted by Crippen LogP contribution is 2.23. The van der Waals surface area contributed by atoms with Gasteiger partial charge in [-0.15, -0.1) is 0 Å². The van der Waals surface area contributed by atoms with Crippen LogP contribution in [0.3, 0.4) is 0 Å². The van der Waals surface area contributed by atoms with Gasteiger partial charge in [0.1, 0.15) is 6.54 Å². The normalized spacial score (nSPS) is 13.2. The number of hydrogen-bond acceptors (Lipinski definition) is 3. The van der Waals surface area contributed by atoms with Gasteiger partial charge in [0.25, 0.3) is 0 Å². The molecule has 0 aliphatic carbocycles. The molecule has 6 heteroatoms. The van der Waals surface area contributed by atoms with Crippen LogP contribution in [0.2, 0.25) is 5.02 Å². The van der Waals surface area contributed by atoms with Crippen molar-refractivity contribution in [2.75, 3.05) is 20.7 Å². The highest BCUT2D eigenvalue weighted by Gasteiger charge is 2.22. The zero-order chi connectivity index (χ0) is 16.0. The Labute approximate surface area is 130 Å². The maximum Gasteiger partial charge on any atom is 0.407 e. The first-order chi connectivity index (χ1) is 9.86. The van der Waals surface area contributed by atoms with Gasteiger partial charge in [0.2, 0.25) is 5.91 Å². The number of ether oxygens (including phenoxy) is 1. The van der Waals surface area contributed by atoms with Crippen molar-refractivity contribution in [3.05, 3.63) is 34.9 Å². The van der Waals surface area contributed by atoms with E-state index in [4.69, 9.17) is 11.6 Å². The molecule has 0 heterocycles. The smallest absolute Gasteiger partial charge is 0.407 e. The van der Waals surface area contributed by atoms with Gasteiger partial charge in [0.15, 0.2) is 0 Å². The monoisotopic (exact) mass is 312 g/mol. The average Bonchev–Trinajstić information content (AvgIpc) is 2.50. The van der Waals surface area contributed by atoms with Crippen molar-refractivity contribution in [2.24, 2.45) is 0 Å². The topological polar surface area (TPSA) is 58.6 Å². The van der Waals surface area contributed by atoms with E-state index in [1.54, 1.807) is 11.9 Å². The summed E-state index contributed by atoms with van der Waals surface area (Å²) in [5.74, 6) is -0.0249. The van der Waals surface area contributed by atoms with Crippen LogP contribution in [0.1, 0.15) is 25.3 Å². The molecule has 5 nitrogen and oxygen atoms in total. The number of nitrogens with zero attached hydrogens (tertiary/aromatic N) is 1. The number of carbonyl (C=O) groups is 2. The van der Waals surface area contributed by atoms with Crippen LogP contribution in [0, 0.1) is 0 Å². The van der Waals surface area contributed by atoms with Gasteiger partial charge in [-0.1, -0.05) is 30.7 Å². The second-order valence-electron chi connectivity index (χ2n) is 4.93. The molecule has 1 aromatic rings. The van der Waals surface area contributed by atoms with E-state index in [-0.39, 0.29) is 24.4 Å². The SMILES string of the molecule is COC(=O)NCC(=O)N(C)[C@H](C)[C@H](C)c1ccc(Cl)cc1. The summed E-state index contributed by atoms with van der Waals surface area (Å²) in [5, 5.41) is 3.07. The number of nitrogens with one attached hydrogen (secondary N) is 1. The molecular weight excluding hydrogens is 292 g/mol. The second-order valence-corrected chi connectivity index (χ2v) is 5.37. The molecule has 0 unspecified atom stereocenters. The molecule has 2 amide bonds. The largest absolute Gasteiger partial charge is 0.453 e. The number of benzene rings is 1. The molecule has 1 aromatic carbocycles. The summed E-state index contributed by atoms with van der Waals surface area (Å²) in [4.78, 5) is 24.6. The molecule has 0 aromatic heterocycles. The quantitative estimate of drug-likeness (QED) is 0.909. The first-order valence-corrected chi connectivity index (χ1v) is 7.07. The number of methoxy groups -OCH3 is 1. The van der Waals surface area contributed by atoms with Crippen molar-refractivity contribution < 1.29 is 14.3 Å². The third-order valence-electron chi connectivity index (χ3n) is 3.69. The third-order valence-corrected chi connectivity index (χ3v) is 3.95. The molecule has 21 heavy (non-hydrogen) atoms. The minimum Gasteiger partial charge on any atom is -0.453 e. The summed E-state index contributed by atoms with van der Waals surface area (Å²) in [5.41, 5.74) is 1.10. The Balaban J connectivity index is 2.63. The predicted molar refractivity (Wildman–Crippen MR) is 82.5 cm³/mol. The van der Waals surface area contributed by atoms with Crippen molar-refractivity contribution in [3.8, 4) is 0 Å². The highest BCUT2D eigenvalue weighted by atomic mass is 35.5. The number of likely N-dealkylation sites (N-methyl/N-ethyl adjacent to an activating group) is 1. The van der Waals surface area contributed by atoms with E-state index in [1.807, 2.05) is 38.1 Å². The van der Waals surface area contributed by atoms with Crippen molar-refractivity contribution in [2.45, 2.75) is 25.8 Å². The number of hydrogen-bond donors (Lipinski definition) is 1. The van der Waals surface area contributed by atoms with Crippen LogP contribution in [-0.4, -0.2) is 43.6 Å². The Hall–Kier alpha value is -1.75. The van der Waals surface area contributed by atoms with Gasteiger partial charge < -0.3 is 15.0 Å². The van der Waals surface area contributed by atoms with E-state index >= 15 is 0 Å². The molecule has 0 radical (unpaired) electrons. The lowest BCUT2D eigenvalue weighted by molar-refractivity contribution is -0.130. The molecule has 0 spiro atoms. The molecule has 0 aliphatic rings. The summed E-state index contributed by atoms with van der Waals surface area (Å²) >= 11 is 5.88. The lowest BCUT2D eigenvalue weighted by Gasteiger charge is -2.30. The van der Waals surface area contributed by atoms with Crippen LogP contribution >= 0.6 is 11.6 Å². The fraction of sp³-hybridized carbons (Fsp3) is 0.467. The summed E-state index contributed by atoms with van der Waals surface area (Å²) in [7, 11) is 2.98. The van der Waals surface area contributed by atoms with Gasteiger partial charge in [0.05, 0.1) is 7.11 Å². The molecule has 2 atom stereocenters. The van der Waals surface area contributed by atoms with Crippen LogP contribution in [0.15, 0.2) is 24.3 Å². The average molecular weight is 313 g/mol. The Morgan fingerprint density at radius 2 is 1.86 bits per heavy atom. The maximum atomic E-state index is 12.0. The number of rotatable bonds is 5. The van der Waals surface area contributed by atoms with E-state index < -0.39 is 6.09 Å². The number of halogens is 1. The Morgan fingerprint density at radius 3 is 2.38 bits per heavy atom. The molecule has 0 aliphatic heterocycles. The Morgan fingerprint density at radius 1 is 1.29 bits per heavy atom. The molecule has 0 saturated heterocycles. The summed E-state index contributed by atoms with van der Waals surface area (Å²) < 4.78 is 4.44. The van der Waals surface area contributed by atoms with Crippen molar-refractivity contribution in [1.29, 1.82) is 0 Å². The van der Waals surface area contributed by atoms with Gasteiger partial charge in [-0.25, -0.2) is 4.79 Å². The van der Waals surface area contributed by atoms with Gasteiger partial charge in [0, 0.05) is 24.0 Å². The number of amides is 2. The minimum absolute atomic E-state index is 0.0156. The van der Waals surface area contributed by atoms with Crippen LogP contribution < -0.4 is 5.32 Å². The lowest BCUT2D eigenvalue weighted by atomic mass is 9.93. The summed E-state index contributed by atoms with van der Waals surface area (Å²) in [6.07, 6.45) is -0.616. The molecule has 1 rings (SSSR count).